The minimum Gasteiger partial charge on any atom is -0.276 e. The van der Waals surface area contributed by atoms with Crippen LogP contribution in [-0.4, -0.2) is 19.5 Å². The van der Waals surface area contributed by atoms with E-state index in [1.54, 1.807) is 0 Å². The van der Waals surface area contributed by atoms with E-state index in [4.69, 9.17) is 15.0 Å². The maximum Gasteiger partial charge on any atom is 0.238 e. The molecule has 250 valence electrons. The molecule has 0 radical (unpaired) electrons. The van der Waals surface area contributed by atoms with Gasteiger partial charge >= 0.3 is 0 Å². The quantitative estimate of drug-likeness (QED) is 0.172. The molecule has 54 heavy (non-hydrogen) atoms. The van der Waals surface area contributed by atoms with E-state index in [2.05, 4.69) is 138 Å². The number of thiophene rings is 1. The SMILES string of the molecule is c1ccc(-c2nc(-c3ccccc3)nc(-n3c4ccccc4c4ccc5c(sc6c5c5ccccc5c5c7ccccc7c7ccccc7c65)c43)n2)cc1. The Kier molecular flexibility index (Phi) is 6.18. The van der Waals surface area contributed by atoms with Gasteiger partial charge in [-0.15, -0.1) is 11.3 Å². The third kappa shape index (κ3) is 4.10. The van der Waals surface area contributed by atoms with Gasteiger partial charge in [0.05, 0.1) is 15.7 Å². The van der Waals surface area contributed by atoms with Crippen LogP contribution in [0, 0.1) is 0 Å². The molecular weight excluding hydrogens is 677 g/mol. The first-order valence-corrected chi connectivity index (χ1v) is 19.0. The Hall–Kier alpha value is -6.95. The van der Waals surface area contributed by atoms with Crippen molar-refractivity contribution in [3.8, 4) is 28.7 Å². The number of aromatic nitrogens is 4. The molecular formula is C49H28N4S. The average molecular weight is 705 g/mol. The predicted molar refractivity (Wildman–Crippen MR) is 228 cm³/mol. The molecule has 3 aromatic heterocycles. The smallest absolute Gasteiger partial charge is 0.238 e. The number of benzene rings is 9. The summed E-state index contributed by atoms with van der Waals surface area (Å²) in [4.78, 5) is 15.5. The first kappa shape index (κ1) is 29.6. The van der Waals surface area contributed by atoms with E-state index in [-0.39, 0.29) is 0 Å². The molecule has 0 fully saturated rings. The zero-order valence-electron chi connectivity index (χ0n) is 28.9. The molecule has 5 heteroatoms. The lowest BCUT2D eigenvalue weighted by Gasteiger charge is -2.14. The first-order chi connectivity index (χ1) is 26.8. The van der Waals surface area contributed by atoms with Gasteiger partial charge in [0.15, 0.2) is 11.6 Å². The molecule has 3 heterocycles. The Morgan fingerprint density at radius 1 is 0.333 bits per heavy atom. The molecule has 0 bridgehead atoms. The van der Waals surface area contributed by atoms with E-state index in [1.165, 1.54) is 74.0 Å². The van der Waals surface area contributed by atoms with Crippen LogP contribution in [0.25, 0.3) is 114 Å². The van der Waals surface area contributed by atoms with Crippen molar-refractivity contribution in [1.29, 1.82) is 0 Å². The van der Waals surface area contributed by atoms with Crippen molar-refractivity contribution in [2.24, 2.45) is 0 Å². The molecule has 12 rings (SSSR count). The standard InChI is InChI=1S/C49H28N4S/c1-3-15-29(16-4-1)47-50-48(30-17-5-2-6-18-30)52-49(51-47)53-40-26-14-13-21-33(40)38-27-28-39-42-37-25-12-11-24-36(37)41-34-22-9-7-19-31(34)32-20-8-10-23-35(32)43(41)46(42)54-45(39)44(38)53/h1-28H. The molecule has 0 unspecified atom stereocenters. The topological polar surface area (TPSA) is 43.6 Å². The lowest BCUT2D eigenvalue weighted by Crippen LogP contribution is -2.06. The van der Waals surface area contributed by atoms with Gasteiger partial charge in [-0.2, -0.15) is 9.97 Å². The lowest BCUT2D eigenvalue weighted by molar-refractivity contribution is 0.955. The van der Waals surface area contributed by atoms with E-state index in [9.17, 15) is 0 Å². The third-order valence-electron chi connectivity index (χ3n) is 11.0. The monoisotopic (exact) mass is 704 g/mol. The molecule has 4 nitrogen and oxygen atoms in total. The minimum atomic E-state index is 0.602. The number of hydrogen-bond acceptors (Lipinski definition) is 4. The number of hydrogen-bond donors (Lipinski definition) is 0. The fourth-order valence-electron chi connectivity index (χ4n) is 8.73. The highest BCUT2D eigenvalue weighted by atomic mass is 32.1. The summed E-state index contributed by atoms with van der Waals surface area (Å²) in [5.74, 6) is 1.89. The second kappa shape index (κ2) is 11.3. The van der Waals surface area contributed by atoms with Crippen LogP contribution in [-0.2, 0) is 0 Å². The van der Waals surface area contributed by atoms with Crippen LogP contribution >= 0.6 is 11.3 Å². The first-order valence-electron chi connectivity index (χ1n) is 18.2. The molecule has 0 N–H and O–H groups in total. The molecule has 0 aliphatic carbocycles. The van der Waals surface area contributed by atoms with Gasteiger partial charge in [0.2, 0.25) is 5.95 Å². The third-order valence-corrected chi connectivity index (χ3v) is 12.2. The van der Waals surface area contributed by atoms with Gasteiger partial charge in [-0.3, -0.25) is 4.57 Å². The number of para-hydroxylation sites is 1. The summed E-state index contributed by atoms with van der Waals surface area (Å²) in [6.45, 7) is 0. The molecule has 0 spiro atoms. The van der Waals surface area contributed by atoms with Gasteiger partial charge < -0.3 is 0 Å². The summed E-state index contributed by atoms with van der Waals surface area (Å²) in [5.41, 5.74) is 4.07. The van der Waals surface area contributed by atoms with Gasteiger partial charge in [-0.05, 0) is 43.8 Å². The highest BCUT2D eigenvalue weighted by molar-refractivity contribution is 7.28. The number of rotatable bonds is 3. The summed E-state index contributed by atoms with van der Waals surface area (Å²) in [6, 6.07) is 60.5. The second-order valence-electron chi connectivity index (χ2n) is 13.9. The molecule has 0 atom stereocenters. The van der Waals surface area contributed by atoms with Crippen molar-refractivity contribution in [2.45, 2.75) is 0 Å². The highest BCUT2D eigenvalue weighted by Gasteiger charge is 2.24. The van der Waals surface area contributed by atoms with Crippen molar-refractivity contribution < 1.29 is 0 Å². The van der Waals surface area contributed by atoms with Gasteiger partial charge in [-0.1, -0.05) is 164 Å². The van der Waals surface area contributed by atoms with Crippen LogP contribution in [0.4, 0.5) is 0 Å². The van der Waals surface area contributed by atoms with E-state index < -0.39 is 0 Å². The van der Waals surface area contributed by atoms with Crippen molar-refractivity contribution in [3.63, 3.8) is 0 Å². The second-order valence-corrected chi connectivity index (χ2v) is 14.9. The summed E-state index contributed by atoms with van der Waals surface area (Å²) in [5, 5.41) is 15.2. The van der Waals surface area contributed by atoms with Crippen molar-refractivity contribution in [2.75, 3.05) is 0 Å². The van der Waals surface area contributed by atoms with E-state index in [0.717, 1.165) is 22.2 Å². The lowest BCUT2D eigenvalue weighted by atomic mass is 9.89. The Bertz CT molecular complexity index is 3430. The highest BCUT2D eigenvalue weighted by Crippen LogP contribution is 2.51. The van der Waals surface area contributed by atoms with E-state index >= 15 is 0 Å². The maximum atomic E-state index is 5.25. The fourth-order valence-corrected chi connectivity index (χ4v) is 10.1. The molecule has 0 saturated heterocycles. The predicted octanol–water partition coefficient (Wildman–Crippen LogP) is 13.3. The van der Waals surface area contributed by atoms with Crippen molar-refractivity contribution >= 4 is 96.4 Å². The van der Waals surface area contributed by atoms with Gasteiger partial charge in [0, 0.05) is 42.8 Å². The summed E-state index contributed by atoms with van der Waals surface area (Å²) in [7, 11) is 0. The molecule has 0 aliphatic heterocycles. The van der Waals surface area contributed by atoms with Gasteiger partial charge in [-0.25, -0.2) is 4.98 Å². The normalized spacial score (nSPS) is 12.1. The molecule has 12 aromatic rings. The largest absolute Gasteiger partial charge is 0.276 e. The summed E-state index contributed by atoms with van der Waals surface area (Å²) < 4.78 is 4.80. The zero-order chi connectivity index (χ0) is 35.3. The molecule has 0 amide bonds. The molecule has 0 aliphatic rings. The molecule has 9 aromatic carbocycles. The summed E-state index contributed by atoms with van der Waals surface area (Å²) in [6.07, 6.45) is 0. The minimum absolute atomic E-state index is 0.602. The fraction of sp³-hybridized carbons (Fsp3) is 0. The van der Waals surface area contributed by atoms with Gasteiger partial charge in [0.1, 0.15) is 0 Å². The van der Waals surface area contributed by atoms with Crippen LogP contribution in [0.1, 0.15) is 0 Å². The van der Waals surface area contributed by atoms with Crippen molar-refractivity contribution in [1.82, 2.24) is 19.5 Å². The average Bonchev–Trinajstić information content (AvgIpc) is 3.81. The number of fused-ring (bicyclic) bond motifs is 17. The van der Waals surface area contributed by atoms with Gasteiger partial charge in [0.25, 0.3) is 0 Å². The maximum absolute atomic E-state index is 5.25. The Balaban J connectivity index is 1.29. The zero-order valence-corrected chi connectivity index (χ0v) is 29.7. The number of nitrogens with zero attached hydrogens (tertiary/aromatic N) is 4. The van der Waals surface area contributed by atoms with E-state index in [0.29, 0.717) is 17.6 Å². The van der Waals surface area contributed by atoms with Crippen LogP contribution in [0.2, 0.25) is 0 Å². The Morgan fingerprint density at radius 3 is 1.41 bits per heavy atom. The van der Waals surface area contributed by atoms with Crippen molar-refractivity contribution in [3.05, 3.63) is 170 Å². The van der Waals surface area contributed by atoms with Crippen LogP contribution < -0.4 is 0 Å². The van der Waals surface area contributed by atoms with Crippen LogP contribution in [0.5, 0.6) is 0 Å². The molecule has 0 saturated carbocycles. The van der Waals surface area contributed by atoms with Crippen LogP contribution in [0.3, 0.4) is 0 Å². The Morgan fingerprint density at radius 2 is 0.796 bits per heavy atom. The summed E-state index contributed by atoms with van der Waals surface area (Å²) >= 11 is 1.89. The van der Waals surface area contributed by atoms with Crippen LogP contribution in [0.15, 0.2) is 170 Å². The van der Waals surface area contributed by atoms with E-state index in [1.807, 2.05) is 47.7 Å². The Labute approximate surface area is 313 Å².